The molecule has 6 rings (SSSR count). The second-order valence-electron chi connectivity index (χ2n) is 11.5. The average molecular weight is 652 g/mol. The number of carbonyl (C=O) groups excluding carboxylic acids is 2. The molecule has 0 bridgehead atoms. The minimum absolute atomic E-state index is 0.0301. The van der Waals surface area contributed by atoms with Gasteiger partial charge in [-0.15, -0.1) is 5.10 Å². The number of carbonyl (C=O) groups is 2. The molecule has 1 aromatic heterocycles. The first-order valence-electron chi connectivity index (χ1n) is 15.8. The molecule has 3 heterocycles. The lowest BCUT2D eigenvalue weighted by Gasteiger charge is -2.20. The summed E-state index contributed by atoms with van der Waals surface area (Å²) in [6.07, 6.45) is 10.4. The Kier molecular flexibility index (Phi) is 9.99. The molecule has 12 heteroatoms. The van der Waals surface area contributed by atoms with Crippen LogP contribution < -0.4 is 18.9 Å². The summed E-state index contributed by atoms with van der Waals surface area (Å²) in [6.45, 7) is 2.05. The van der Waals surface area contributed by atoms with Gasteiger partial charge in [0.1, 0.15) is 18.1 Å². The molecule has 1 fully saturated rings. The van der Waals surface area contributed by atoms with Crippen molar-refractivity contribution in [1.29, 1.82) is 0 Å². The number of aryl methyl sites for hydroxylation is 1. The first-order valence-corrected chi connectivity index (χ1v) is 15.8. The van der Waals surface area contributed by atoms with Crippen molar-refractivity contribution in [1.82, 2.24) is 19.9 Å². The largest absolute Gasteiger partial charge is 0.508 e. The Morgan fingerprint density at radius 3 is 2.60 bits per heavy atom. The summed E-state index contributed by atoms with van der Waals surface area (Å²) in [7, 11) is 3.12. The number of aromatic hydroxyl groups is 1. The molecular formula is C36H37N5O7. The van der Waals surface area contributed by atoms with E-state index in [1.54, 1.807) is 49.2 Å². The van der Waals surface area contributed by atoms with Gasteiger partial charge in [0.2, 0.25) is 0 Å². The summed E-state index contributed by atoms with van der Waals surface area (Å²) in [4.78, 5) is 32.0. The SMILES string of the molecule is COc1cc(/C=C/C(=O)c2ccc(O)cc2)ccc1OCCCCn1cc(COc2cc3c(cc2OC)C(=O)N2CCC[C@H]2C=N3)nn1. The van der Waals surface area contributed by atoms with Crippen LogP contribution in [0.2, 0.25) is 0 Å². The van der Waals surface area contributed by atoms with E-state index >= 15 is 0 Å². The van der Waals surface area contributed by atoms with Gasteiger partial charge in [0, 0.05) is 30.9 Å². The first-order chi connectivity index (χ1) is 23.4. The molecule has 2 aliphatic rings. The van der Waals surface area contributed by atoms with Crippen molar-refractivity contribution in [3.05, 3.63) is 89.3 Å². The molecule has 1 amide bonds. The molecule has 3 aromatic carbocycles. The first kappa shape index (κ1) is 32.3. The van der Waals surface area contributed by atoms with E-state index in [9.17, 15) is 14.7 Å². The highest BCUT2D eigenvalue weighted by molar-refractivity contribution is 6.07. The summed E-state index contributed by atoms with van der Waals surface area (Å²) < 4.78 is 24.8. The number of ether oxygens (including phenoxy) is 4. The number of phenols is 1. The summed E-state index contributed by atoms with van der Waals surface area (Å²) >= 11 is 0. The molecule has 0 unspecified atom stereocenters. The van der Waals surface area contributed by atoms with E-state index in [4.69, 9.17) is 18.9 Å². The van der Waals surface area contributed by atoms with Gasteiger partial charge in [0.05, 0.1) is 44.3 Å². The predicted octanol–water partition coefficient (Wildman–Crippen LogP) is 5.66. The number of phenolic OH excluding ortho intramolecular Hbond substituents is 1. The fourth-order valence-corrected chi connectivity index (χ4v) is 5.64. The molecule has 0 saturated carbocycles. The number of ketones is 1. The minimum atomic E-state index is -0.166. The number of rotatable bonds is 14. The van der Waals surface area contributed by atoms with Crippen LogP contribution in [0.3, 0.4) is 0 Å². The summed E-state index contributed by atoms with van der Waals surface area (Å²) in [6, 6.07) is 15.1. The normalized spacial score (nSPS) is 15.2. The fraction of sp³-hybridized carbons (Fsp3) is 0.306. The van der Waals surface area contributed by atoms with E-state index in [1.165, 1.54) is 18.2 Å². The van der Waals surface area contributed by atoms with E-state index in [0.29, 0.717) is 58.7 Å². The third-order valence-electron chi connectivity index (χ3n) is 8.23. The fourth-order valence-electron chi connectivity index (χ4n) is 5.64. The smallest absolute Gasteiger partial charge is 0.256 e. The topological polar surface area (TPSA) is 138 Å². The molecule has 1 saturated heterocycles. The lowest BCUT2D eigenvalue weighted by Crippen LogP contribution is -2.35. The van der Waals surface area contributed by atoms with Gasteiger partial charge in [0.25, 0.3) is 5.91 Å². The van der Waals surface area contributed by atoms with Gasteiger partial charge in [-0.05, 0) is 79.8 Å². The van der Waals surface area contributed by atoms with Gasteiger partial charge >= 0.3 is 0 Å². The lowest BCUT2D eigenvalue weighted by atomic mass is 10.1. The quantitative estimate of drug-likeness (QED) is 0.104. The van der Waals surface area contributed by atoms with Gasteiger partial charge in [-0.2, -0.15) is 0 Å². The van der Waals surface area contributed by atoms with E-state index in [-0.39, 0.29) is 30.1 Å². The molecule has 0 aliphatic carbocycles. The Labute approximate surface area is 278 Å². The second-order valence-corrected chi connectivity index (χ2v) is 11.5. The molecule has 0 radical (unpaired) electrons. The van der Waals surface area contributed by atoms with E-state index in [2.05, 4.69) is 15.3 Å². The number of methoxy groups -OCH3 is 2. The molecule has 1 atom stereocenters. The van der Waals surface area contributed by atoms with Crippen LogP contribution in [0.15, 0.2) is 71.9 Å². The van der Waals surface area contributed by atoms with Crippen LogP contribution in [-0.4, -0.2) is 76.3 Å². The number of hydrogen-bond acceptors (Lipinski definition) is 10. The number of aromatic nitrogens is 3. The summed E-state index contributed by atoms with van der Waals surface area (Å²) in [5, 5.41) is 17.9. The van der Waals surface area contributed by atoms with Gasteiger partial charge in [-0.25, -0.2) is 0 Å². The molecule has 12 nitrogen and oxygen atoms in total. The van der Waals surface area contributed by atoms with Crippen LogP contribution in [0, 0.1) is 0 Å². The van der Waals surface area contributed by atoms with Crippen molar-refractivity contribution < 1.29 is 33.6 Å². The van der Waals surface area contributed by atoms with Crippen LogP contribution in [0.4, 0.5) is 5.69 Å². The number of unbranched alkanes of at least 4 members (excludes halogenated alkanes) is 1. The molecule has 248 valence electrons. The van der Waals surface area contributed by atoms with E-state index in [0.717, 1.165) is 37.8 Å². The summed E-state index contributed by atoms with van der Waals surface area (Å²) in [5.41, 5.74) is 3.02. The van der Waals surface area contributed by atoms with Gasteiger partial charge in [0.15, 0.2) is 28.8 Å². The van der Waals surface area contributed by atoms with Gasteiger partial charge < -0.3 is 29.0 Å². The van der Waals surface area contributed by atoms with E-state index < -0.39 is 0 Å². The number of amides is 1. The van der Waals surface area contributed by atoms with Gasteiger partial charge in [-0.1, -0.05) is 17.4 Å². The third kappa shape index (κ3) is 7.49. The lowest BCUT2D eigenvalue weighted by molar-refractivity contribution is 0.0774. The molecule has 48 heavy (non-hydrogen) atoms. The highest BCUT2D eigenvalue weighted by Crippen LogP contribution is 2.38. The molecule has 1 N–H and O–H groups in total. The number of nitrogens with zero attached hydrogens (tertiary/aromatic N) is 5. The zero-order valence-electron chi connectivity index (χ0n) is 26.9. The highest BCUT2D eigenvalue weighted by atomic mass is 16.5. The molecule has 4 aromatic rings. The number of allylic oxidation sites excluding steroid dienone is 1. The maximum absolute atomic E-state index is 13.1. The van der Waals surface area contributed by atoms with E-state index in [1.807, 2.05) is 35.5 Å². The Bertz CT molecular complexity index is 1830. The molecular weight excluding hydrogens is 614 g/mol. The highest BCUT2D eigenvalue weighted by Gasteiger charge is 2.32. The Hall–Kier alpha value is -5.65. The van der Waals surface area contributed by atoms with Crippen molar-refractivity contribution in [3.63, 3.8) is 0 Å². The summed E-state index contributed by atoms with van der Waals surface area (Å²) in [5.74, 6) is 2.04. The van der Waals surface area contributed by atoms with Crippen LogP contribution in [0.5, 0.6) is 28.7 Å². The third-order valence-corrected chi connectivity index (χ3v) is 8.23. The Morgan fingerprint density at radius 2 is 1.79 bits per heavy atom. The van der Waals surface area contributed by atoms with Crippen molar-refractivity contribution in [2.45, 2.75) is 44.9 Å². The van der Waals surface area contributed by atoms with Crippen LogP contribution in [0.25, 0.3) is 6.08 Å². The van der Waals surface area contributed by atoms with Crippen LogP contribution in [-0.2, 0) is 13.2 Å². The van der Waals surface area contributed by atoms with Crippen LogP contribution >= 0.6 is 0 Å². The number of fused-ring (bicyclic) bond motifs is 2. The van der Waals surface area contributed by atoms with Crippen molar-refractivity contribution in [3.8, 4) is 28.7 Å². The molecule has 2 aliphatic heterocycles. The number of benzene rings is 3. The zero-order valence-corrected chi connectivity index (χ0v) is 26.9. The second kappa shape index (κ2) is 14.8. The maximum atomic E-state index is 13.1. The number of hydrogen-bond donors (Lipinski definition) is 1. The maximum Gasteiger partial charge on any atom is 0.256 e. The van der Waals surface area contributed by atoms with Crippen molar-refractivity contribution in [2.75, 3.05) is 27.4 Å². The molecule has 0 spiro atoms. The predicted molar refractivity (Wildman–Crippen MR) is 179 cm³/mol. The average Bonchev–Trinajstić information content (AvgIpc) is 3.76. The number of aliphatic imine (C=N–C) groups is 1. The standard InChI is InChI=1S/C36H37N5O7/c1-45-33-18-24(7-13-31(43)25-9-11-28(42)12-10-25)8-14-32(33)47-17-4-3-15-40-22-26(38-39-40)23-48-35-20-30-29(19-34(35)46-2)36(44)41-16-5-6-27(41)21-37-30/h7-14,18-22,27,42H,3-6,15-17,23H2,1-2H3/b13-7+/t27-/m0/s1. The van der Waals surface area contributed by atoms with Crippen molar-refractivity contribution >= 4 is 29.7 Å². The van der Waals surface area contributed by atoms with Crippen LogP contribution in [0.1, 0.15) is 57.7 Å². The van der Waals surface area contributed by atoms with Crippen molar-refractivity contribution in [2.24, 2.45) is 4.99 Å². The van der Waals surface area contributed by atoms with Gasteiger partial charge in [-0.3, -0.25) is 19.3 Å². The Morgan fingerprint density at radius 1 is 0.979 bits per heavy atom. The Balaban J connectivity index is 0.965. The minimum Gasteiger partial charge on any atom is -0.508 e. The zero-order chi connectivity index (χ0) is 33.5. The monoisotopic (exact) mass is 651 g/mol.